The van der Waals surface area contributed by atoms with Gasteiger partial charge >= 0.3 is 0 Å². The van der Waals surface area contributed by atoms with Gasteiger partial charge in [0.2, 0.25) is 0 Å². The standard InChI is InChI=1S/C20H16Cl2FNO4S/c1-3-28-18-15(22)6-11(7-16(18)27-2)8-17-19(25)24(20(26)29-17)10-12-4-5-13(23)9-14(12)21/h4-9H,3,10H2,1-2H3/b17-8-. The number of carbonyl (C=O) groups is 2. The molecule has 0 N–H and O–H groups in total. The Hall–Kier alpha value is -2.22. The van der Waals surface area contributed by atoms with Crippen molar-refractivity contribution >= 4 is 52.2 Å². The topological polar surface area (TPSA) is 55.8 Å². The number of carbonyl (C=O) groups excluding carboxylic acids is 2. The minimum Gasteiger partial charge on any atom is -0.493 e. The van der Waals surface area contributed by atoms with E-state index in [2.05, 4.69) is 0 Å². The highest BCUT2D eigenvalue weighted by Gasteiger charge is 2.35. The summed E-state index contributed by atoms with van der Waals surface area (Å²) in [5.41, 5.74) is 1.06. The summed E-state index contributed by atoms with van der Waals surface area (Å²) in [4.78, 5) is 26.3. The molecule has 2 amide bonds. The number of imide groups is 1. The Bertz CT molecular complexity index is 1010. The normalized spacial score (nSPS) is 15.3. The number of rotatable bonds is 6. The number of ether oxygens (including phenoxy) is 2. The Morgan fingerprint density at radius 3 is 2.59 bits per heavy atom. The number of amides is 2. The van der Waals surface area contributed by atoms with E-state index in [1.54, 1.807) is 18.2 Å². The lowest BCUT2D eigenvalue weighted by atomic mass is 10.1. The molecular formula is C20H16Cl2FNO4S. The number of benzene rings is 2. The van der Waals surface area contributed by atoms with Crippen LogP contribution >= 0.6 is 35.0 Å². The molecule has 0 aliphatic carbocycles. The Balaban J connectivity index is 1.87. The van der Waals surface area contributed by atoms with Crippen LogP contribution in [0, 0.1) is 5.82 Å². The summed E-state index contributed by atoms with van der Waals surface area (Å²) in [5, 5.41) is 0.0384. The van der Waals surface area contributed by atoms with Crippen LogP contribution in [0.25, 0.3) is 6.08 Å². The third-order valence-corrected chi connectivity index (χ3v) is 5.60. The zero-order valence-electron chi connectivity index (χ0n) is 15.5. The molecule has 1 saturated heterocycles. The van der Waals surface area contributed by atoms with Gasteiger partial charge in [0.25, 0.3) is 11.1 Å². The van der Waals surface area contributed by atoms with Crippen molar-refractivity contribution in [2.75, 3.05) is 13.7 Å². The first-order valence-electron chi connectivity index (χ1n) is 8.53. The number of thioether (sulfide) groups is 1. The van der Waals surface area contributed by atoms with Gasteiger partial charge in [0.1, 0.15) is 5.82 Å². The lowest BCUT2D eigenvalue weighted by Gasteiger charge is -2.13. The number of hydrogen-bond acceptors (Lipinski definition) is 5. The van der Waals surface area contributed by atoms with Crippen LogP contribution in [0.5, 0.6) is 11.5 Å². The molecule has 152 valence electrons. The third kappa shape index (κ3) is 4.69. The van der Waals surface area contributed by atoms with Crippen molar-refractivity contribution in [3.63, 3.8) is 0 Å². The van der Waals surface area contributed by atoms with E-state index in [1.807, 2.05) is 6.92 Å². The Morgan fingerprint density at radius 1 is 1.17 bits per heavy atom. The summed E-state index contributed by atoms with van der Waals surface area (Å²) in [6.07, 6.45) is 1.56. The highest BCUT2D eigenvalue weighted by molar-refractivity contribution is 8.18. The zero-order valence-corrected chi connectivity index (χ0v) is 17.8. The van der Waals surface area contributed by atoms with E-state index >= 15 is 0 Å². The van der Waals surface area contributed by atoms with Gasteiger partial charge in [0.05, 0.1) is 30.2 Å². The second-order valence-electron chi connectivity index (χ2n) is 5.97. The van der Waals surface area contributed by atoms with Gasteiger partial charge in [-0.1, -0.05) is 29.3 Å². The summed E-state index contributed by atoms with van der Waals surface area (Å²) in [5.74, 6) is -0.130. The molecule has 3 rings (SSSR count). The third-order valence-electron chi connectivity index (χ3n) is 4.06. The molecule has 0 saturated carbocycles. The van der Waals surface area contributed by atoms with Crippen LogP contribution in [0.4, 0.5) is 9.18 Å². The molecule has 29 heavy (non-hydrogen) atoms. The maximum Gasteiger partial charge on any atom is 0.293 e. The van der Waals surface area contributed by atoms with E-state index in [4.69, 9.17) is 32.7 Å². The number of methoxy groups -OCH3 is 1. The molecule has 9 heteroatoms. The van der Waals surface area contributed by atoms with Gasteiger partial charge in [-0.2, -0.15) is 0 Å². The van der Waals surface area contributed by atoms with E-state index in [0.717, 1.165) is 22.7 Å². The van der Waals surface area contributed by atoms with Gasteiger partial charge in [-0.25, -0.2) is 4.39 Å². The predicted molar refractivity (Wildman–Crippen MR) is 112 cm³/mol. The predicted octanol–water partition coefficient (Wildman–Crippen LogP) is 5.78. The second-order valence-corrected chi connectivity index (χ2v) is 7.78. The lowest BCUT2D eigenvalue weighted by Crippen LogP contribution is -2.27. The van der Waals surface area contributed by atoms with E-state index < -0.39 is 17.0 Å². The van der Waals surface area contributed by atoms with Crippen LogP contribution in [0.3, 0.4) is 0 Å². The minimum atomic E-state index is -0.492. The fourth-order valence-corrected chi connectivity index (χ4v) is 4.05. The Morgan fingerprint density at radius 2 is 1.93 bits per heavy atom. The molecular weight excluding hydrogens is 440 g/mol. The maximum absolute atomic E-state index is 13.2. The quantitative estimate of drug-likeness (QED) is 0.516. The first-order valence-corrected chi connectivity index (χ1v) is 10.1. The van der Waals surface area contributed by atoms with Crippen LogP contribution in [0.15, 0.2) is 35.2 Å². The van der Waals surface area contributed by atoms with Crippen molar-refractivity contribution in [1.29, 1.82) is 0 Å². The molecule has 5 nitrogen and oxygen atoms in total. The van der Waals surface area contributed by atoms with Crippen molar-refractivity contribution in [1.82, 2.24) is 4.90 Å². The van der Waals surface area contributed by atoms with Gasteiger partial charge in [-0.05, 0) is 60.2 Å². The molecule has 1 fully saturated rings. The van der Waals surface area contributed by atoms with Gasteiger partial charge in [0.15, 0.2) is 11.5 Å². The Kier molecular flexibility index (Phi) is 6.72. The van der Waals surface area contributed by atoms with Crippen LogP contribution in [0.1, 0.15) is 18.1 Å². The highest BCUT2D eigenvalue weighted by atomic mass is 35.5. The summed E-state index contributed by atoms with van der Waals surface area (Å²) >= 11 is 13.1. The van der Waals surface area contributed by atoms with Crippen LogP contribution in [-0.2, 0) is 11.3 Å². The molecule has 0 atom stereocenters. The molecule has 0 radical (unpaired) electrons. The van der Waals surface area contributed by atoms with Crippen LogP contribution < -0.4 is 9.47 Å². The molecule has 0 bridgehead atoms. The Labute approximate surface area is 181 Å². The monoisotopic (exact) mass is 455 g/mol. The molecule has 2 aromatic rings. The number of hydrogen-bond donors (Lipinski definition) is 0. The van der Waals surface area contributed by atoms with Crippen LogP contribution in [0.2, 0.25) is 10.0 Å². The summed E-state index contributed by atoms with van der Waals surface area (Å²) in [6, 6.07) is 7.10. The summed E-state index contributed by atoms with van der Waals surface area (Å²) in [7, 11) is 1.48. The van der Waals surface area contributed by atoms with Crippen molar-refractivity contribution in [3.8, 4) is 11.5 Å². The second kappa shape index (κ2) is 9.07. The molecule has 0 aromatic heterocycles. The van der Waals surface area contributed by atoms with Gasteiger partial charge in [-0.3, -0.25) is 14.5 Å². The molecule has 0 spiro atoms. The highest BCUT2D eigenvalue weighted by Crippen LogP contribution is 2.39. The van der Waals surface area contributed by atoms with E-state index in [9.17, 15) is 14.0 Å². The van der Waals surface area contributed by atoms with E-state index in [-0.39, 0.29) is 16.5 Å². The number of halogens is 3. The zero-order chi connectivity index (χ0) is 21.1. The number of nitrogens with zero attached hydrogens (tertiary/aromatic N) is 1. The molecule has 0 unspecified atom stereocenters. The van der Waals surface area contributed by atoms with Gasteiger partial charge in [0, 0.05) is 5.02 Å². The fourth-order valence-electron chi connectivity index (χ4n) is 2.72. The summed E-state index contributed by atoms with van der Waals surface area (Å²) < 4.78 is 24.0. The molecule has 2 aromatic carbocycles. The lowest BCUT2D eigenvalue weighted by molar-refractivity contribution is -0.123. The first kappa shape index (κ1) is 21.5. The smallest absolute Gasteiger partial charge is 0.293 e. The molecule has 1 aliphatic heterocycles. The average Bonchev–Trinajstić information content (AvgIpc) is 2.93. The van der Waals surface area contributed by atoms with E-state index in [0.29, 0.717) is 34.3 Å². The SMILES string of the molecule is CCOc1c(Cl)cc(/C=C2\SC(=O)N(Cc3ccc(F)cc3Cl)C2=O)cc1OC. The van der Waals surface area contributed by atoms with Crippen molar-refractivity contribution in [2.24, 2.45) is 0 Å². The largest absolute Gasteiger partial charge is 0.493 e. The van der Waals surface area contributed by atoms with Crippen molar-refractivity contribution in [3.05, 3.63) is 62.2 Å². The van der Waals surface area contributed by atoms with Crippen molar-refractivity contribution in [2.45, 2.75) is 13.5 Å². The average molecular weight is 456 g/mol. The molecule has 1 heterocycles. The maximum atomic E-state index is 13.2. The van der Waals surface area contributed by atoms with Gasteiger partial charge in [-0.15, -0.1) is 0 Å². The van der Waals surface area contributed by atoms with Gasteiger partial charge < -0.3 is 9.47 Å². The van der Waals surface area contributed by atoms with E-state index in [1.165, 1.54) is 19.2 Å². The molecule has 1 aliphatic rings. The van der Waals surface area contributed by atoms with Crippen LogP contribution in [-0.4, -0.2) is 29.8 Å². The van der Waals surface area contributed by atoms with Crippen molar-refractivity contribution < 1.29 is 23.5 Å². The first-order chi connectivity index (χ1) is 13.8. The fraction of sp³-hybridized carbons (Fsp3) is 0.200. The summed E-state index contributed by atoms with van der Waals surface area (Å²) in [6.45, 7) is 2.20. The minimum absolute atomic E-state index is 0.0471.